The van der Waals surface area contributed by atoms with Crippen molar-refractivity contribution < 1.29 is 9.84 Å². The lowest BCUT2D eigenvalue weighted by Gasteiger charge is -2.51. The Hall–Kier alpha value is -1.02. The molecule has 3 rings (SSSR count). The molecular formula is C16H22O2. The van der Waals surface area contributed by atoms with E-state index in [1.807, 2.05) is 0 Å². The molecule has 0 heterocycles. The van der Waals surface area contributed by atoms with Gasteiger partial charge in [0.25, 0.3) is 0 Å². The van der Waals surface area contributed by atoms with E-state index in [4.69, 9.17) is 4.74 Å². The van der Waals surface area contributed by atoms with Gasteiger partial charge in [-0.15, -0.1) is 0 Å². The third-order valence-corrected chi connectivity index (χ3v) is 4.89. The highest BCUT2D eigenvalue weighted by Crippen LogP contribution is 2.54. The molecule has 18 heavy (non-hydrogen) atoms. The van der Waals surface area contributed by atoms with Crippen molar-refractivity contribution in [3.8, 4) is 5.75 Å². The minimum Gasteiger partial charge on any atom is -0.489 e. The second-order valence-electron chi connectivity index (χ2n) is 6.07. The Labute approximate surface area is 109 Å². The average Bonchev–Trinajstić information content (AvgIpc) is 2.85. The highest BCUT2D eigenvalue weighted by molar-refractivity contribution is 5.36. The van der Waals surface area contributed by atoms with Crippen LogP contribution in [-0.2, 0) is 0 Å². The van der Waals surface area contributed by atoms with E-state index in [1.165, 1.54) is 24.0 Å². The number of benzene rings is 1. The third-order valence-electron chi connectivity index (χ3n) is 4.89. The van der Waals surface area contributed by atoms with Crippen LogP contribution in [0.1, 0.15) is 43.2 Å². The topological polar surface area (TPSA) is 29.5 Å². The molecule has 2 aliphatic rings. The summed E-state index contributed by atoms with van der Waals surface area (Å²) in [5.41, 5.74) is 2.49. The largest absolute Gasteiger partial charge is 0.489 e. The van der Waals surface area contributed by atoms with Gasteiger partial charge in [0.2, 0.25) is 0 Å². The molecule has 0 saturated heterocycles. The molecule has 1 spiro atoms. The quantitative estimate of drug-likeness (QED) is 0.867. The molecule has 2 aliphatic carbocycles. The molecule has 1 N–H and O–H groups in total. The van der Waals surface area contributed by atoms with Crippen LogP contribution in [0.25, 0.3) is 0 Å². The zero-order chi connectivity index (χ0) is 12.8. The Kier molecular flexibility index (Phi) is 2.86. The average molecular weight is 246 g/mol. The van der Waals surface area contributed by atoms with Crippen LogP contribution in [0, 0.1) is 19.3 Å². The minimum absolute atomic E-state index is 0.0657. The number of aliphatic hydroxyl groups is 1. The molecule has 0 amide bonds. The van der Waals surface area contributed by atoms with Gasteiger partial charge in [-0.3, -0.25) is 0 Å². The van der Waals surface area contributed by atoms with E-state index >= 15 is 0 Å². The molecule has 2 atom stereocenters. The number of hydrogen-bond acceptors (Lipinski definition) is 2. The minimum atomic E-state index is -0.143. The molecule has 2 saturated carbocycles. The lowest BCUT2D eigenvalue weighted by molar-refractivity contribution is -0.152. The zero-order valence-corrected chi connectivity index (χ0v) is 11.3. The summed E-state index contributed by atoms with van der Waals surface area (Å²) in [6, 6.07) is 6.34. The van der Waals surface area contributed by atoms with Crippen LogP contribution >= 0.6 is 0 Å². The summed E-state index contributed by atoms with van der Waals surface area (Å²) in [7, 11) is 0. The SMILES string of the molecule is Cc1ccc(C)c(OC2CC(O)C23CCCC3)c1. The fraction of sp³-hybridized carbons (Fsp3) is 0.625. The van der Waals surface area contributed by atoms with Crippen molar-refractivity contribution in [3.63, 3.8) is 0 Å². The van der Waals surface area contributed by atoms with Gasteiger partial charge in [-0.05, 0) is 43.9 Å². The van der Waals surface area contributed by atoms with E-state index in [2.05, 4.69) is 32.0 Å². The van der Waals surface area contributed by atoms with Crippen LogP contribution in [0.2, 0.25) is 0 Å². The van der Waals surface area contributed by atoms with Gasteiger partial charge in [-0.25, -0.2) is 0 Å². The maximum absolute atomic E-state index is 10.1. The van der Waals surface area contributed by atoms with Crippen LogP contribution in [0.5, 0.6) is 5.75 Å². The lowest BCUT2D eigenvalue weighted by Crippen LogP contribution is -2.58. The number of rotatable bonds is 2. The Balaban J connectivity index is 1.79. The first-order valence-electron chi connectivity index (χ1n) is 7.04. The van der Waals surface area contributed by atoms with Crippen molar-refractivity contribution in [1.29, 1.82) is 0 Å². The van der Waals surface area contributed by atoms with Crippen molar-refractivity contribution >= 4 is 0 Å². The number of aryl methyl sites for hydroxylation is 2. The molecule has 2 fully saturated rings. The summed E-state index contributed by atoms with van der Waals surface area (Å²) in [4.78, 5) is 0. The van der Waals surface area contributed by atoms with Crippen LogP contribution < -0.4 is 4.74 Å². The molecule has 1 aromatic rings. The van der Waals surface area contributed by atoms with Gasteiger partial charge in [0.15, 0.2) is 0 Å². The van der Waals surface area contributed by atoms with E-state index in [0.29, 0.717) is 0 Å². The fourth-order valence-corrected chi connectivity index (χ4v) is 3.57. The fourth-order valence-electron chi connectivity index (χ4n) is 3.57. The number of hydrogen-bond donors (Lipinski definition) is 1. The predicted molar refractivity (Wildman–Crippen MR) is 71.9 cm³/mol. The molecule has 98 valence electrons. The van der Waals surface area contributed by atoms with Gasteiger partial charge in [0.05, 0.1) is 6.10 Å². The van der Waals surface area contributed by atoms with Crippen molar-refractivity contribution in [2.24, 2.45) is 5.41 Å². The molecule has 0 aliphatic heterocycles. The summed E-state index contributed by atoms with van der Waals surface area (Å²) in [6.45, 7) is 4.18. The first-order valence-corrected chi connectivity index (χ1v) is 7.04. The first-order chi connectivity index (χ1) is 8.62. The normalized spacial score (nSPS) is 29.3. The molecule has 0 radical (unpaired) electrons. The summed E-state index contributed by atoms with van der Waals surface area (Å²) in [6.07, 6.45) is 5.61. The Bertz CT molecular complexity index is 446. The smallest absolute Gasteiger partial charge is 0.122 e. The maximum atomic E-state index is 10.1. The number of aliphatic hydroxyl groups excluding tert-OH is 1. The lowest BCUT2D eigenvalue weighted by atomic mass is 9.62. The Morgan fingerprint density at radius 3 is 2.61 bits per heavy atom. The van der Waals surface area contributed by atoms with E-state index in [-0.39, 0.29) is 17.6 Å². The molecule has 2 nitrogen and oxygen atoms in total. The molecule has 1 aromatic carbocycles. The van der Waals surface area contributed by atoms with Crippen molar-refractivity contribution in [3.05, 3.63) is 29.3 Å². The monoisotopic (exact) mass is 246 g/mol. The summed E-state index contributed by atoms with van der Waals surface area (Å²) in [5, 5.41) is 10.1. The highest BCUT2D eigenvalue weighted by atomic mass is 16.5. The van der Waals surface area contributed by atoms with Gasteiger partial charge < -0.3 is 9.84 Å². The van der Waals surface area contributed by atoms with Crippen molar-refractivity contribution in [2.45, 2.75) is 58.2 Å². The summed E-state index contributed by atoms with van der Waals surface area (Å²) in [5.74, 6) is 0.998. The summed E-state index contributed by atoms with van der Waals surface area (Å²) >= 11 is 0. The van der Waals surface area contributed by atoms with Gasteiger partial charge in [-0.1, -0.05) is 25.0 Å². The zero-order valence-electron chi connectivity index (χ0n) is 11.3. The Morgan fingerprint density at radius 2 is 1.94 bits per heavy atom. The third kappa shape index (κ3) is 1.74. The van der Waals surface area contributed by atoms with Gasteiger partial charge in [-0.2, -0.15) is 0 Å². The van der Waals surface area contributed by atoms with E-state index in [0.717, 1.165) is 25.0 Å². The van der Waals surface area contributed by atoms with Crippen LogP contribution in [-0.4, -0.2) is 17.3 Å². The number of ether oxygens (including phenoxy) is 1. The van der Waals surface area contributed by atoms with Crippen LogP contribution in [0.3, 0.4) is 0 Å². The second-order valence-corrected chi connectivity index (χ2v) is 6.07. The molecular weight excluding hydrogens is 224 g/mol. The van der Waals surface area contributed by atoms with Gasteiger partial charge in [0, 0.05) is 11.8 Å². The van der Waals surface area contributed by atoms with Crippen molar-refractivity contribution in [1.82, 2.24) is 0 Å². The highest BCUT2D eigenvalue weighted by Gasteiger charge is 2.57. The van der Waals surface area contributed by atoms with Crippen LogP contribution in [0.15, 0.2) is 18.2 Å². The van der Waals surface area contributed by atoms with E-state index in [9.17, 15) is 5.11 Å². The summed E-state index contributed by atoms with van der Waals surface area (Å²) < 4.78 is 6.21. The van der Waals surface area contributed by atoms with Crippen LogP contribution in [0.4, 0.5) is 0 Å². The molecule has 2 unspecified atom stereocenters. The Morgan fingerprint density at radius 1 is 1.22 bits per heavy atom. The predicted octanol–water partition coefficient (Wildman–Crippen LogP) is 3.38. The molecule has 0 aromatic heterocycles. The van der Waals surface area contributed by atoms with E-state index < -0.39 is 0 Å². The molecule has 2 heteroatoms. The maximum Gasteiger partial charge on any atom is 0.122 e. The first kappa shape index (κ1) is 12.0. The molecule has 0 bridgehead atoms. The van der Waals surface area contributed by atoms with Gasteiger partial charge >= 0.3 is 0 Å². The van der Waals surface area contributed by atoms with Gasteiger partial charge in [0.1, 0.15) is 11.9 Å². The standard InChI is InChI=1S/C16H22O2/c1-11-5-6-12(2)13(9-11)18-15-10-14(17)16(15)7-3-4-8-16/h5-6,9,14-15,17H,3-4,7-8,10H2,1-2H3. The van der Waals surface area contributed by atoms with E-state index in [1.54, 1.807) is 0 Å². The second kappa shape index (κ2) is 4.27. The van der Waals surface area contributed by atoms with Crippen molar-refractivity contribution in [2.75, 3.05) is 0 Å².